The van der Waals surface area contributed by atoms with Gasteiger partial charge in [0.25, 0.3) is 0 Å². The lowest BCUT2D eigenvalue weighted by Crippen LogP contribution is -2.54. The van der Waals surface area contributed by atoms with E-state index in [-0.39, 0.29) is 0 Å². The number of rotatable bonds is 1. The summed E-state index contributed by atoms with van der Waals surface area (Å²) >= 11 is 3.51. The second-order valence-corrected chi connectivity index (χ2v) is 5.70. The van der Waals surface area contributed by atoms with Crippen LogP contribution < -0.4 is 10.2 Å². The molecule has 0 radical (unpaired) electrons. The average molecular weight is 310 g/mol. The Balaban J connectivity index is 2.00. The second-order valence-electron chi connectivity index (χ2n) is 4.85. The summed E-state index contributed by atoms with van der Waals surface area (Å²) in [6, 6.07) is 4.82. The fourth-order valence-electron chi connectivity index (χ4n) is 2.28. The zero-order chi connectivity index (χ0) is 12.7. The normalized spacial score (nSPS) is 24.7. The highest BCUT2D eigenvalue weighted by atomic mass is 79.9. The molecule has 3 rings (SSSR count). The van der Waals surface area contributed by atoms with Gasteiger partial charge in [-0.25, -0.2) is 4.52 Å². The summed E-state index contributed by atoms with van der Waals surface area (Å²) in [5.74, 6) is 0.808. The summed E-state index contributed by atoms with van der Waals surface area (Å²) in [7, 11) is 0. The molecule has 0 amide bonds. The Kier molecular flexibility index (Phi) is 2.99. The van der Waals surface area contributed by atoms with Crippen LogP contribution in [0.2, 0.25) is 0 Å². The fourth-order valence-corrected chi connectivity index (χ4v) is 2.71. The van der Waals surface area contributed by atoms with Gasteiger partial charge >= 0.3 is 0 Å². The van der Waals surface area contributed by atoms with Crippen molar-refractivity contribution in [3.63, 3.8) is 0 Å². The van der Waals surface area contributed by atoms with E-state index < -0.39 is 0 Å². The predicted molar refractivity (Wildman–Crippen MR) is 75.0 cm³/mol. The first-order valence-corrected chi connectivity index (χ1v) is 6.95. The summed E-state index contributed by atoms with van der Waals surface area (Å²) in [5.41, 5.74) is 0.867. The van der Waals surface area contributed by atoms with Crippen LogP contribution in [0, 0.1) is 0 Å². The van der Waals surface area contributed by atoms with Crippen molar-refractivity contribution in [1.82, 2.24) is 19.9 Å². The van der Waals surface area contributed by atoms with Crippen molar-refractivity contribution >= 4 is 27.5 Å². The Morgan fingerprint density at radius 1 is 1.44 bits per heavy atom. The number of nitrogens with zero attached hydrogens (tertiary/aromatic N) is 4. The van der Waals surface area contributed by atoms with Crippen LogP contribution in [-0.2, 0) is 0 Å². The van der Waals surface area contributed by atoms with E-state index in [1.165, 1.54) is 0 Å². The third-order valence-corrected chi connectivity index (χ3v) is 3.94. The topological polar surface area (TPSA) is 45.5 Å². The van der Waals surface area contributed by atoms with Crippen molar-refractivity contribution in [1.29, 1.82) is 0 Å². The minimum atomic E-state index is 0.414. The van der Waals surface area contributed by atoms with Gasteiger partial charge in [-0.2, -0.15) is 4.98 Å². The molecule has 2 aromatic rings. The van der Waals surface area contributed by atoms with Gasteiger partial charge in [0.05, 0.1) is 4.47 Å². The van der Waals surface area contributed by atoms with Gasteiger partial charge in [-0.05, 0) is 41.9 Å². The standard InChI is InChI=1S/C12H16BrN5/c1-8-7-17(9(2)6-14-8)12-15-11-10(13)4-3-5-18(11)16-12/h3-5,8-9,14H,6-7H2,1-2H3. The SMILES string of the molecule is CC1CN(c2nc3c(Br)cccn3n2)C(C)CN1. The molecule has 1 N–H and O–H groups in total. The van der Waals surface area contributed by atoms with Crippen LogP contribution in [0.4, 0.5) is 5.95 Å². The number of fused-ring (bicyclic) bond motifs is 1. The van der Waals surface area contributed by atoms with Gasteiger partial charge in [-0.1, -0.05) is 0 Å². The first-order chi connectivity index (χ1) is 8.65. The quantitative estimate of drug-likeness (QED) is 0.870. The molecule has 0 spiro atoms. The van der Waals surface area contributed by atoms with Crippen LogP contribution in [-0.4, -0.2) is 39.8 Å². The van der Waals surface area contributed by atoms with E-state index in [9.17, 15) is 0 Å². The first kappa shape index (κ1) is 11.9. The molecule has 0 aromatic carbocycles. The molecule has 2 unspecified atom stereocenters. The average Bonchev–Trinajstić information content (AvgIpc) is 2.77. The zero-order valence-corrected chi connectivity index (χ0v) is 12.1. The summed E-state index contributed by atoms with van der Waals surface area (Å²) in [4.78, 5) is 6.89. The minimum Gasteiger partial charge on any atom is -0.334 e. The monoisotopic (exact) mass is 309 g/mol. The second kappa shape index (κ2) is 4.51. The van der Waals surface area contributed by atoms with Crippen LogP contribution in [0.3, 0.4) is 0 Å². The third kappa shape index (κ3) is 1.99. The van der Waals surface area contributed by atoms with Crippen LogP contribution in [0.15, 0.2) is 22.8 Å². The van der Waals surface area contributed by atoms with Crippen molar-refractivity contribution < 1.29 is 0 Å². The molecule has 96 valence electrons. The van der Waals surface area contributed by atoms with E-state index in [1.807, 2.05) is 22.8 Å². The Bertz CT molecular complexity index is 567. The van der Waals surface area contributed by atoms with Crippen molar-refractivity contribution in [2.45, 2.75) is 25.9 Å². The van der Waals surface area contributed by atoms with E-state index in [2.05, 4.69) is 50.1 Å². The molecule has 1 saturated heterocycles. The highest BCUT2D eigenvalue weighted by Gasteiger charge is 2.25. The van der Waals surface area contributed by atoms with E-state index in [1.54, 1.807) is 0 Å². The number of anilines is 1. The van der Waals surface area contributed by atoms with Crippen LogP contribution >= 0.6 is 15.9 Å². The fraction of sp³-hybridized carbons (Fsp3) is 0.500. The van der Waals surface area contributed by atoms with Gasteiger partial charge in [0.15, 0.2) is 5.65 Å². The molecule has 2 atom stereocenters. The molecule has 5 nitrogen and oxygen atoms in total. The highest BCUT2D eigenvalue weighted by Crippen LogP contribution is 2.21. The molecule has 1 aliphatic rings. The molecule has 0 bridgehead atoms. The van der Waals surface area contributed by atoms with Gasteiger partial charge in [0.1, 0.15) is 0 Å². The van der Waals surface area contributed by atoms with Gasteiger partial charge in [-0.3, -0.25) is 0 Å². The Labute approximate surface area is 114 Å². The van der Waals surface area contributed by atoms with Gasteiger partial charge in [0, 0.05) is 31.4 Å². The number of aromatic nitrogens is 3. The Morgan fingerprint density at radius 3 is 3.06 bits per heavy atom. The predicted octanol–water partition coefficient (Wildman–Crippen LogP) is 1.68. The van der Waals surface area contributed by atoms with Crippen LogP contribution in [0.25, 0.3) is 5.65 Å². The smallest absolute Gasteiger partial charge is 0.246 e. The largest absolute Gasteiger partial charge is 0.334 e. The molecular formula is C12H16BrN5. The molecule has 1 aliphatic heterocycles. The van der Waals surface area contributed by atoms with E-state index in [0.717, 1.165) is 29.2 Å². The molecular weight excluding hydrogens is 294 g/mol. The van der Waals surface area contributed by atoms with Crippen LogP contribution in [0.5, 0.6) is 0 Å². The number of piperazine rings is 1. The van der Waals surface area contributed by atoms with Gasteiger partial charge in [-0.15, -0.1) is 5.10 Å². The molecule has 1 fully saturated rings. The van der Waals surface area contributed by atoms with Crippen LogP contribution in [0.1, 0.15) is 13.8 Å². The van der Waals surface area contributed by atoms with Crippen molar-refractivity contribution in [3.05, 3.63) is 22.8 Å². The maximum Gasteiger partial charge on any atom is 0.246 e. The van der Waals surface area contributed by atoms with Crippen molar-refractivity contribution in [3.8, 4) is 0 Å². The maximum absolute atomic E-state index is 4.62. The molecule has 0 saturated carbocycles. The lowest BCUT2D eigenvalue weighted by Gasteiger charge is -2.36. The number of hydrogen-bond acceptors (Lipinski definition) is 4. The first-order valence-electron chi connectivity index (χ1n) is 6.16. The van der Waals surface area contributed by atoms with Crippen molar-refractivity contribution in [2.24, 2.45) is 0 Å². The van der Waals surface area contributed by atoms with E-state index in [0.29, 0.717) is 12.1 Å². The van der Waals surface area contributed by atoms with E-state index in [4.69, 9.17) is 0 Å². The molecule has 6 heteroatoms. The summed E-state index contributed by atoms with van der Waals surface area (Å²) in [6.07, 6.45) is 1.92. The van der Waals surface area contributed by atoms with Gasteiger partial charge < -0.3 is 10.2 Å². The third-order valence-electron chi connectivity index (χ3n) is 3.32. The zero-order valence-electron chi connectivity index (χ0n) is 10.5. The number of nitrogens with one attached hydrogen (secondary N) is 1. The summed E-state index contributed by atoms with van der Waals surface area (Å²) in [5, 5.41) is 8.02. The molecule has 0 aliphatic carbocycles. The summed E-state index contributed by atoms with van der Waals surface area (Å²) in [6.45, 7) is 6.29. The Morgan fingerprint density at radius 2 is 2.28 bits per heavy atom. The maximum atomic E-state index is 4.62. The lowest BCUT2D eigenvalue weighted by atomic mass is 10.1. The molecule has 18 heavy (non-hydrogen) atoms. The van der Waals surface area contributed by atoms with Gasteiger partial charge in [0.2, 0.25) is 5.95 Å². The Hall–Kier alpha value is -1.14. The number of hydrogen-bond donors (Lipinski definition) is 1. The van der Waals surface area contributed by atoms with Crippen molar-refractivity contribution in [2.75, 3.05) is 18.0 Å². The summed E-state index contributed by atoms with van der Waals surface area (Å²) < 4.78 is 2.79. The highest BCUT2D eigenvalue weighted by molar-refractivity contribution is 9.10. The molecule has 2 aromatic heterocycles. The molecule has 3 heterocycles. The number of pyridine rings is 1. The van der Waals surface area contributed by atoms with E-state index >= 15 is 0 Å². The minimum absolute atomic E-state index is 0.414. The number of halogens is 1. The lowest BCUT2D eigenvalue weighted by molar-refractivity contribution is 0.420.